The van der Waals surface area contributed by atoms with Gasteiger partial charge in [-0.2, -0.15) is 4.98 Å². The Morgan fingerprint density at radius 2 is 2.00 bits per heavy atom. The van der Waals surface area contributed by atoms with Crippen molar-refractivity contribution < 1.29 is 4.74 Å². The lowest BCUT2D eigenvalue weighted by atomic mass is 10.2. The Kier molecular flexibility index (Phi) is 4.11. The van der Waals surface area contributed by atoms with E-state index in [1.807, 2.05) is 31.2 Å². The van der Waals surface area contributed by atoms with E-state index in [1.165, 1.54) is 0 Å². The van der Waals surface area contributed by atoms with Gasteiger partial charge in [0.25, 0.3) is 0 Å². The number of nitrogens with one attached hydrogen (secondary N) is 1. The molecule has 1 aromatic carbocycles. The molecule has 0 fully saturated rings. The predicted molar refractivity (Wildman–Crippen MR) is 73.1 cm³/mol. The second-order valence-electron chi connectivity index (χ2n) is 3.73. The molecule has 6 heteroatoms. The van der Waals surface area contributed by atoms with Crippen molar-refractivity contribution in [3.8, 4) is 5.88 Å². The summed E-state index contributed by atoms with van der Waals surface area (Å²) in [6, 6.07) is 9.67. The van der Waals surface area contributed by atoms with Crippen molar-refractivity contribution in [2.75, 3.05) is 5.43 Å². The summed E-state index contributed by atoms with van der Waals surface area (Å²) in [5, 5.41) is 0. The molecule has 94 valence electrons. The molecule has 0 atom stereocenters. The van der Waals surface area contributed by atoms with Crippen LogP contribution in [0.1, 0.15) is 11.3 Å². The number of hydrazine groups is 1. The van der Waals surface area contributed by atoms with Crippen molar-refractivity contribution in [2.24, 2.45) is 5.84 Å². The molecule has 0 bridgehead atoms. The minimum Gasteiger partial charge on any atom is -0.473 e. The summed E-state index contributed by atoms with van der Waals surface area (Å²) in [5.74, 6) is 6.12. The van der Waals surface area contributed by atoms with Gasteiger partial charge in [0.1, 0.15) is 6.61 Å². The summed E-state index contributed by atoms with van der Waals surface area (Å²) in [4.78, 5) is 8.19. The van der Waals surface area contributed by atoms with E-state index in [4.69, 9.17) is 10.6 Å². The van der Waals surface area contributed by atoms with Crippen LogP contribution in [-0.2, 0) is 6.61 Å². The Bertz CT molecular complexity index is 530. The highest BCUT2D eigenvalue weighted by Gasteiger charge is 2.02. The number of nitrogens with two attached hydrogens (primary N) is 1. The van der Waals surface area contributed by atoms with E-state index in [0.29, 0.717) is 18.4 Å². The fraction of sp³-hybridized carbons (Fsp3) is 0.167. The average molecular weight is 309 g/mol. The molecule has 5 nitrogen and oxygen atoms in total. The third-order valence-electron chi connectivity index (χ3n) is 2.26. The second kappa shape index (κ2) is 5.79. The molecule has 3 N–H and O–H groups in total. The lowest BCUT2D eigenvalue weighted by Crippen LogP contribution is -2.11. The van der Waals surface area contributed by atoms with Gasteiger partial charge in [0, 0.05) is 16.2 Å². The van der Waals surface area contributed by atoms with Gasteiger partial charge in [-0.1, -0.05) is 28.1 Å². The number of halogens is 1. The summed E-state index contributed by atoms with van der Waals surface area (Å²) < 4.78 is 6.63. The van der Waals surface area contributed by atoms with Gasteiger partial charge in [0.2, 0.25) is 11.8 Å². The number of aromatic nitrogens is 2. The zero-order chi connectivity index (χ0) is 13.0. The molecule has 0 unspecified atom stereocenters. The average Bonchev–Trinajstić information content (AvgIpc) is 2.37. The molecular weight excluding hydrogens is 296 g/mol. The summed E-state index contributed by atoms with van der Waals surface area (Å²) >= 11 is 3.39. The van der Waals surface area contributed by atoms with Crippen LogP contribution in [0.15, 0.2) is 34.8 Å². The van der Waals surface area contributed by atoms with Gasteiger partial charge in [-0.3, -0.25) is 5.43 Å². The van der Waals surface area contributed by atoms with Gasteiger partial charge in [-0.15, -0.1) is 0 Å². The maximum atomic E-state index is 5.59. The number of hydrogen-bond acceptors (Lipinski definition) is 5. The van der Waals surface area contributed by atoms with E-state index < -0.39 is 0 Å². The monoisotopic (exact) mass is 308 g/mol. The first-order chi connectivity index (χ1) is 8.67. The summed E-state index contributed by atoms with van der Waals surface area (Å²) in [6.07, 6.45) is 0. The molecular formula is C12H13BrN4O. The van der Waals surface area contributed by atoms with Crippen LogP contribution in [-0.4, -0.2) is 9.97 Å². The highest BCUT2D eigenvalue weighted by molar-refractivity contribution is 9.10. The van der Waals surface area contributed by atoms with Crippen LogP contribution in [0, 0.1) is 6.92 Å². The third-order valence-corrected chi connectivity index (χ3v) is 2.79. The van der Waals surface area contributed by atoms with Gasteiger partial charge in [-0.05, 0) is 24.6 Å². The van der Waals surface area contributed by atoms with Crippen molar-refractivity contribution in [2.45, 2.75) is 13.5 Å². The van der Waals surface area contributed by atoms with Gasteiger partial charge >= 0.3 is 0 Å². The number of ether oxygens (including phenoxy) is 1. The summed E-state index contributed by atoms with van der Waals surface area (Å²) in [7, 11) is 0. The third kappa shape index (κ3) is 3.41. The summed E-state index contributed by atoms with van der Waals surface area (Å²) in [5.41, 5.74) is 4.27. The van der Waals surface area contributed by atoms with Crippen molar-refractivity contribution in [3.05, 3.63) is 46.1 Å². The normalized spacial score (nSPS) is 10.2. The van der Waals surface area contributed by atoms with Gasteiger partial charge in [0.05, 0.1) is 0 Å². The first-order valence-corrected chi connectivity index (χ1v) is 6.16. The first-order valence-electron chi connectivity index (χ1n) is 5.37. The molecule has 18 heavy (non-hydrogen) atoms. The quantitative estimate of drug-likeness (QED) is 0.670. The van der Waals surface area contributed by atoms with E-state index in [0.717, 1.165) is 15.7 Å². The van der Waals surface area contributed by atoms with Crippen molar-refractivity contribution >= 4 is 21.9 Å². The Morgan fingerprint density at radius 3 is 2.67 bits per heavy atom. The Labute approximate surface area is 113 Å². The molecule has 2 aromatic rings. The minimum atomic E-state index is 0.348. The molecule has 2 rings (SSSR count). The number of anilines is 1. The fourth-order valence-corrected chi connectivity index (χ4v) is 1.68. The van der Waals surface area contributed by atoms with Crippen LogP contribution in [0.3, 0.4) is 0 Å². The Morgan fingerprint density at radius 1 is 1.28 bits per heavy atom. The maximum absolute atomic E-state index is 5.59. The molecule has 0 saturated carbocycles. The maximum Gasteiger partial charge on any atom is 0.240 e. The minimum absolute atomic E-state index is 0.348. The zero-order valence-corrected chi connectivity index (χ0v) is 11.4. The van der Waals surface area contributed by atoms with E-state index in [9.17, 15) is 0 Å². The lowest BCUT2D eigenvalue weighted by molar-refractivity contribution is 0.293. The van der Waals surface area contributed by atoms with E-state index in [-0.39, 0.29) is 0 Å². The standard InChI is InChI=1S/C12H13BrN4O/c1-8-6-11(16-12(15-8)17-14)18-7-9-2-4-10(13)5-3-9/h2-6H,7,14H2,1H3,(H,15,16,17). The van der Waals surface area contributed by atoms with Crippen LogP contribution in [0.4, 0.5) is 5.95 Å². The molecule has 0 aliphatic carbocycles. The molecule has 0 spiro atoms. The van der Waals surface area contributed by atoms with E-state index in [1.54, 1.807) is 6.07 Å². The number of aryl methyl sites for hydroxylation is 1. The Balaban J connectivity index is 2.05. The smallest absolute Gasteiger partial charge is 0.240 e. The van der Waals surface area contributed by atoms with E-state index >= 15 is 0 Å². The number of nitrogen functional groups attached to an aromatic ring is 1. The SMILES string of the molecule is Cc1cc(OCc2ccc(Br)cc2)nc(NN)n1. The van der Waals surface area contributed by atoms with Crippen molar-refractivity contribution in [3.63, 3.8) is 0 Å². The number of hydrogen-bond donors (Lipinski definition) is 2. The van der Waals surface area contributed by atoms with Gasteiger partial charge in [0.15, 0.2) is 0 Å². The predicted octanol–water partition coefficient (Wildman–Crippen LogP) is 2.41. The van der Waals surface area contributed by atoms with Gasteiger partial charge < -0.3 is 4.74 Å². The molecule has 1 aromatic heterocycles. The molecule has 0 aliphatic heterocycles. The van der Waals surface area contributed by atoms with Crippen molar-refractivity contribution in [1.82, 2.24) is 9.97 Å². The van der Waals surface area contributed by atoms with Crippen LogP contribution in [0.25, 0.3) is 0 Å². The zero-order valence-electron chi connectivity index (χ0n) is 9.85. The lowest BCUT2D eigenvalue weighted by Gasteiger charge is -2.07. The number of rotatable bonds is 4. The second-order valence-corrected chi connectivity index (χ2v) is 4.65. The van der Waals surface area contributed by atoms with Crippen LogP contribution < -0.4 is 16.0 Å². The largest absolute Gasteiger partial charge is 0.473 e. The topological polar surface area (TPSA) is 73.1 Å². The molecule has 0 aliphatic rings. The van der Waals surface area contributed by atoms with Crippen LogP contribution in [0.2, 0.25) is 0 Å². The molecule has 0 saturated heterocycles. The highest BCUT2D eigenvalue weighted by Crippen LogP contribution is 2.15. The summed E-state index contributed by atoms with van der Waals surface area (Å²) in [6.45, 7) is 2.31. The Hall–Kier alpha value is -1.66. The van der Waals surface area contributed by atoms with Gasteiger partial charge in [-0.25, -0.2) is 10.8 Å². The van der Waals surface area contributed by atoms with Crippen LogP contribution in [0.5, 0.6) is 5.88 Å². The van der Waals surface area contributed by atoms with Crippen molar-refractivity contribution in [1.29, 1.82) is 0 Å². The number of nitrogens with zero attached hydrogens (tertiary/aromatic N) is 2. The van der Waals surface area contributed by atoms with Crippen LogP contribution >= 0.6 is 15.9 Å². The first kappa shape index (κ1) is 12.8. The van der Waals surface area contributed by atoms with E-state index in [2.05, 4.69) is 31.3 Å². The molecule has 0 radical (unpaired) electrons. The molecule has 0 amide bonds. The highest BCUT2D eigenvalue weighted by atomic mass is 79.9. The molecule has 1 heterocycles. The number of benzene rings is 1. The fourth-order valence-electron chi connectivity index (χ4n) is 1.42.